The average Bonchev–Trinajstić information content (AvgIpc) is 3.34. The van der Waals surface area contributed by atoms with E-state index in [1.54, 1.807) is 16.4 Å². The number of nitrogen functional groups attached to an aromatic ring is 2. The molecule has 1 aliphatic heterocycles. The fraction of sp³-hybridized carbons (Fsp3) is 0.435. The number of aliphatic hydroxyl groups excluding tert-OH is 1. The predicted molar refractivity (Wildman–Crippen MR) is 130 cm³/mol. The second-order valence-corrected chi connectivity index (χ2v) is 9.52. The number of hydrogen-bond acceptors (Lipinski definition) is 9. The second-order valence-electron chi connectivity index (χ2n) is 9.52. The number of benzene rings is 1. The number of H-pyrrole nitrogens is 1. The first-order valence-corrected chi connectivity index (χ1v) is 11.5. The average molecular weight is 480 g/mol. The van der Waals surface area contributed by atoms with E-state index >= 15 is 0 Å². The Bertz CT molecular complexity index is 1410. The number of fused-ring (bicyclic) bond motifs is 2. The molecule has 4 aromatic rings. The van der Waals surface area contributed by atoms with Crippen LogP contribution in [0.25, 0.3) is 22.2 Å². The maximum Gasteiger partial charge on any atom is 0.224 e. The third kappa shape index (κ3) is 4.37. The van der Waals surface area contributed by atoms with Crippen LogP contribution in [-0.2, 0) is 11.2 Å². The number of aromatic nitrogens is 6. The molecule has 0 aliphatic carbocycles. The predicted octanol–water partition coefficient (Wildman–Crippen LogP) is 0.694. The number of carbonyl (C=O) groups excluding carboxylic acids is 1. The SMILES string of the molecule is Cc1ccc2nc(CCC(=O)N3C[C@@H](O)C[C@@](C)(O)[C@H](n4cnc5c(N)nc(N)nc54)C3)[nH]c2c1. The van der Waals surface area contributed by atoms with Crippen LogP contribution >= 0.6 is 0 Å². The van der Waals surface area contributed by atoms with Gasteiger partial charge in [0.05, 0.1) is 35.1 Å². The van der Waals surface area contributed by atoms with Crippen molar-refractivity contribution in [3.63, 3.8) is 0 Å². The van der Waals surface area contributed by atoms with Gasteiger partial charge in [-0.25, -0.2) is 9.97 Å². The van der Waals surface area contributed by atoms with Crippen molar-refractivity contribution in [1.29, 1.82) is 0 Å². The lowest BCUT2D eigenvalue weighted by Crippen LogP contribution is -2.42. The zero-order valence-electron chi connectivity index (χ0n) is 19.6. The minimum absolute atomic E-state index is 0.0148. The maximum absolute atomic E-state index is 13.2. The van der Waals surface area contributed by atoms with Crippen LogP contribution in [-0.4, -0.2) is 75.3 Å². The van der Waals surface area contributed by atoms with E-state index in [0.717, 1.165) is 22.4 Å². The van der Waals surface area contributed by atoms with Gasteiger partial charge in [-0.3, -0.25) is 4.79 Å². The highest BCUT2D eigenvalue weighted by Gasteiger charge is 2.42. The molecule has 1 saturated heterocycles. The fourth-order valence-electron chi connectivity index (χ4n) is 4.87. The molecule has 12 nitrogen and oxygen atoms in total. The van der Waals surface area contributed by atoms with Gasteiger partial charge in [0.25, 0.3) is 0 Å². The number of nitrogens with two attached hydrogens (primary N) is 2. The van der Waals surface area contributed by atoms with E-state index < -0.39 is 17.7 Å². The number of hydrogen-bond donors (Lipinski definition) is 5. The molecule has 7 N–H and O–H groups in total. The molecule has 0 unspecified atom stereocenters. The zero-order valence-corrected chi connectivity index (χ0v) is 19.6. The van der Waals surface area contributed by atoms with E-state index in [0.29, 0.717) is 17.6 Å². The lowest BCUT2D eigenvalue weighted by molar-refractivity contribution is -0.132. The van der Waals surface area contributed by atoms with Crippen molar-refractivity contribution in [2.75, 3.05) is 24.6 Å². The van der Waals surface area contributed by atoms with Crippen LogP contribution in [0.2, 0.25) is 0 Å². The summed E-state index contributed by atoms with van der Waals surface area (Å²) in [6.45, 7) is 3.90. The molecule has 3 aromatic heterocycles. The van der Waals surface area contributed by atoms with Gasteiger partial charge < -0.3 is 36.1 Å². The third-order valence-corrected chi connectivity index (χ3v) is 6.61. The number of carbonyl (C=O) groups is 1. The van der Waals surface area contributed by atoms with Gasteiger partial charge in [0.15, 0.2) is 11.5 Å². The topological polar surface area (TPSA) is 185 Å². The minimum atomic E-state index is -1.35. The van der Waals surface area contributed by atoms with Crippen molar-refractivity contribution in [3.8, 4) is 0 Å². The molecule has 5 rings (SSSR count). The molecular weight excluding hydrogens is 450 g/mol. The Morgan fingerprint density at radius 1 is 1.26 bits per heavy atom. The van der Waals surface area contributed by atoms with Gasteiger partial charge in [-0.1, -0.05) is 6.07 Å². The summed E-state index contributed by atoms with van der Waals surface area (Å²) in [7, 11) is 0. The highest BCUT2D eigenvalue weighted by molar-refractivity contribution is 5.83. The van der Waals surface area contributed by atoms with Crippen molar-refractivity contribution in [1.82, 2.24) is 34.4 Å². The molecular formula is C23H29N9O3. The third-order valence-electron chi connectivity index (χ3n) is 6.61. The smallest absolute Gasteiger partial charge is 0.224 e. The van der Waals surface area contributed by atoms with Gasteiger partial charge in [0.1, 0.15) is 11.3 Å². The summed E-state index contributed by atoms with van der Waals surface area (Å²) in [6.07, 6.45) is 1.31. The number of rotatable bonds is 4. The number of β-amino-alcohol motifs (C(OH)–C–C–N with tert-alkyl or cyclic N) is 1. The first-order valence-electron chi connectivity index (χ1n) is 11.5. The largest absolute Gasteiger partial charge is 0.391 e. The van der Waals surface area contributed by atoms with Crippen molar-refractivity contribution >= 4 is 39.9 Å². The van der Waals surface area contributed by atoms with E-state index in [2.05, 4.69) is 24.9 Å². The molecule has 184 valence electrons. The standard InChI is InChI=1S/C23H29N9O3/c1-12-3-4-14-15(7-12)28-17(27-14)5-6-18(34)31-9-13(33)8-23(2,35)16(10-31)32-11-26-19-20(24)29-22(25)30-21(19)32/h3-4,7,11,13,16,33,35H,5-6,8-10H2,1-2H3,(H,27,28)(H4,24,25,29,30)/t13-,16+,23+/m0/s1. The number of amides is 1. The maximum atomic E-state index is 13.2. The molecule has 1 aromatic carbocycles. The van der Waals surface area contributed by atoms with Crippen LogP contribution in [0, 0.1) is 6.92 Å². The number of anilines is 2. The lowest BCUT2D eigenvalue weighted by Gasteiger charge is -2.34. The van der Waals surface area contributed by atoms with Crippen molar-refractivity contribution in [3.05, 3.63) is 35.9 Å². The molecule has 1 amide bonds. The Hall–Kier alpha value is -3.77. The van der Waals surface area contributed by atoms with E-state index in [1.807, 2.05) is 25.1 Å². The van der Waals surface area contributed by atoms with Crippen LogP contribution in [0.4, 0.5) is 11.8 Å². The molecule has 1 fully saturated rings. The van der Waals surface area contributed by atoms with Gasteiger partial charge in [0.2, 0.25) is 11.9 Å². The van der Waals surface area contributed by atoms with E-state index in [1.165, 1.54) is 6.33 Å². The van der Waals surface area contributed by atoms with Crippen LogP contribution in [0.15, 0.2) is 24.5 Å². The van der Waals surface area contributed by atoms with Crippen LogP contribution in [0.5, 0.6) is 0 Å². The molecule has 3 atom stereocenters. The van der Waals surface area contributed by atoms with Gasteiger partial charge in [-0.05, 0) is 31.5 Å². The van der Waals surface area contributed by atoms with Crippen LogP contribution in [0.1, 0.15) is 37.2 Å². The molecule has 12 heteroatoms. The first-order chi connectivity index (χ1) is 16.6. The highest BCUT2D eigenvalue weighted by atomic mass is 16.3. The van der Waals surface area contributed by atoms with Crippen molar-refractivity contribution < 1.29 is 15.0 Å². The number of nitrogens with one attached hydrogen (secondary N) is 1. The van der Waals surface area contributed by atoms with Crippen molar-refractivity contribution in [2.24, 2.45) is 0 Å². The molecule has 0 saturated carbocycles. The summed E-state index contributed by atoms with van der Waals surface area (Å²) < 4.78 is 1.66. The second kappa shape index (κ2) is 8.47. The Balaban J connectivity index is 1.39. The summed E-state index contributed by atoms with van der Waals surface area (Å²) in [5.74, 6) is 0.690. The molecule has 1 aliphatic rings. The van der Waals surface area contributed by atoms with Crippen LogP contribution in [0.3, 0.4) is 0 Å². The molecule has 4 heterocycles. The zero-order chi connectivity index (χ0) is 24.9. The fourth-order valence-corrected chi connectivity index (χ4v) is 4.87. The highest BCUT2D eigenvalue weighted by Crippen LogP contribution is 2.34. The van der Waals surface area contributed by atoms with Gasteiger partial charge >= 0.3 is 0 Å². The molecule has 0 radical (unpaired) electrons. The summed E-state index contributed by atoms with van der Waals surface area (Å²) >= 11 is 0. The quantitative estimate of drug-likeness (QED) is 0.281. The monoisotopic (exact) mass is 479 g/mol. The first kappa shape index (κ1) is 23.0. The van der Waals surface area contributed by atoms with Gasteiger partial charge in [-0.15, -0.1) is 0 Å². The number of nitrogens with zero attached hydrogens (tertiary/aromatic N) is 6. The Morgan fingerprint density at radius 3 is 2.86 bits per heavy atom. The number of aryl methyl sites for hydroxylation is 2. The van der Waals surface area contributed by atoms with Crippen molar-refractivity contribution in [2.45, 2.75) is 50.9 Å². The van der Waals surface area contributed by atoms with Gasteiger partial charge in [-0.2, -0.15) is 9.97 Å². The van der Waals surface area contributed by atoms with E-state index in [4.69, 9.17) is 11.5 Å². The van der Waals surface area contributed by atoms with E-state index in [-0.39, 0.29) is 43.6 Å². The summed E-state index contributed by atoms with van der Waals surface area (Å²) in [6, 6.07) is 5.32. The summed E-state index contributed by atoms with van der Waals surface area (Å²) in [5, 5.41) is 21.9. The summed E-state index contributed by atoms with van der Waals surface area (Å²) in [4.78, 5) is 35.1. The Labute approximate surface area is 201 Å². The van der Waals surface area contributed by atoms with Gasteiger partial charge in [0, 0.05) is 32.4 Å². The minimum Gasteiger partial charge on any atom is -0.391 e. The Kier molecular flexibility index (Phi) is 5.56. The summed E-state index contributed by atoms with van der Waals surface area (Å²) in [5.41, 5.74) is 14.0. The molecule has 0 bridgehead atoms. The molecule has 0 spiro atoms. The van der Waals surface area contributed by atoms with E-state index in [9.17, 15) is 15.0 Å². The normalized spacial score (nSPS) is 23.1. The van der Waals surface area contributed by atoms with Crippen LogP contribution < -0.4 is 11.5 Å². The number of aromatic amines is 1. The number of imidazole rings is 2. The number of aliphatic hydroxyl groups is 2. The molecule has 35 heavy (non-hydrogen) atoms. The Morgan fingerprint density at radius 2 is 2.06 bits per heavy atom. The number of likely N-dealkylation sites (tertiary alicyclic amines) is 1. The lowest BCUT2D eigenvalue weighted by atomic mass is 9.91.